The summed E-state index contributed by atoms with van der Waals surface area (Å²) in [4.78, 5) is 10.9. The van der Waals surface area contributed by atoms with Crippen LogP contribution >= 0.6 is 0 Å². The highest BCUT2D eigenvalue weighted by atomic mass is 16.5. The van der Waals surface area contributed by atoms with Crippen LogP contribution in [0, 0.1) is 0 Å². The largest absolute Gasteiger partial charge is 0.460 e. The Hall–Kier alpha value is -0.990. The summed E-state index contributed by atoms with van der Waals surface area (Å²) in [7, 11) is 0. The van der Waals surface area contributed by atoms with Gasteiger partial charge in [-0.25, -0.2) is 4.79 Å². The van der Waals surface area contributed by atoms with Crippen molar-refractivity contribution in [1.82, 2.24) is 5.32 Å². The molecule has 0 aliphatic rings. The molecule has 0 bridgehead atoms. The lowest BCUT2D eigenvalue weighted by Crippen LogP contribution is -2.16. The predicted octanol–water partition coefficient (Wildman–Crippen LogP) is 1.45. The Morgan fingerprint density at radius 1 is 1.33 bits per heavy atom. The first-order valence-electron chi connectivity index (χ1n) is 4.15. The first-order chi connectivity index (χ1) is 5.52. The molecule has 0 unspecified atom stereocenters. The third-order valence-corrected chi connectivity index (χ3v) is 1.00. The topological polar surface area (TPSA) is 38.3 Å². The van der Waals surface area contributed by atoms with Gasteiger partial charge in [-0.15, -0.1) is 0 Å². The number of carbonyl (C=O) groups excluding carboxylic acids is 1. The lowest BCUT2D eigenvalue weighted by atomic mass is 10.4. The highest BCUT2D eigenvalue weighted by Gasteiger charge is 1.98. The van der Waals surface area contributed by atoms with Gasteiger partial charge in [-0.1, -0.05) is 0 Å². The van der Waals surface area contributed by atoms with Crippen LogP contribution in [0.25, 0.3) is 0 Å². The highest BCUT2D eigenvalue weighted by Crippen LogP contribution is 1.89. The molecule has 0 aromatic carbocycles. The van der Waals surface area contributed by atoms with Crippen molar-refractivity contribution in [3.05, 3.63) is 12.3 Å². The average Bonchev–Trinajstić information content (AvgIpc) is 1.84. The van der Waals surface area contributed by atoms with Crippen molar-refractivity contribution in [1.29, 1.82) is 0 Å². The minimum atomic E-state index is -0.307. The average molecular weight is 171 g/mol. The fourth-order valence-corrected chi connectivity index (χ4v) is 0.580. The Labute approximate surface area is 73.8 Å². The zero-order chi connectivity index (χ0) is 9.56. The van der Waals surface area contributed by atoms with Gasteiger partial charge in [0.1, 0.15) is 0 Å². The highest BCUT2D eigenvalue weighted by molar-refractivity contribution is 5.81. The summed E-state index contributed by atoms with van der Waals surface area (Å²) in [6.45, 7) is 7.64. The van der Waals surface area contributed by atoms with Gasteiger partial charge in [0.15, 0.2) is 0 Å². The molecule has 3 heteroatoms. The van der Waals surface area contributed by atoms with Crippen LogP contribution in [-0.4, -0.2) is 18.1 Å². The van der Waals surface area contributed by atoms with Crippen LogP contribution < -0.4 is 5.32 Å². The van der Waals surface area contributed by atoms with Crippen molar-refractivity contribution < 1.29 is 9.53 Å². The monoisotopic (exact) mass is 171 g/mol. The number of esters is 1. The van der Waals surface area contributed by atoms with Crippen molar-refractivity contribution in [2.45, 2.75) is 39.8 Å². The number of hydrogen-bond acceptors (Lipinski definition) is 3. The first kappa shape index (κ1) is 11.0. The van der Waals surface area contributed by atoms with E-state index in [0.29, 0.717) is 6.04 Å². The van der Waals surface area contributed by atoms with Crippen molar-refractivity contribution >= 4 is 5.97 Å². The summed E-state index contributed by atoms with van der Waals surface area (Å²) < 4.78 is 4.87. The van der Waals surface area contributed by atoms with E-state index < -0.39 is 0 Å². The van der Waals surface area contributed by atoms with Crippen LogP contribution in [-0.2, 0) is 9.53 Å². The van der Waals surface area contributed by atoms with Gasteiger partial charge in [0, 0.05) is 18.3 Å². The molecule has 0 aliphatic carbocycles. The second-order valence-corrected chi connectivity index (χ2v) is 3.14. The molecule has 0 rings (SSSR count). The van der Waals surface area contributed by atoms with Gasteiger partial charge >= 0.3 is 5.97 Å². The first-order valence-corrected chi connectivity index (χ1v) is 4.15. The molecular weight excluding hydrogens is 154 g/mol. The van der Waals surface area contributed by atoms with E-state index in [4.69, 9.17) is 4.74 Å². The molecule has 0 aliphatic heterocycles. The minimum absolute atomic E-state index is 0.0544. The van der Waals surface area contributed by atoms with E-state index in [2.05, 4.69) is 5.32 Å². The molecule has 0 radical (unpaired) electrons. The number of hydrogen-bond donors (Lipinski definition) is 1. The van der Waals surface area contributed by atoms with Crippen molar-refractivity contribution in [2.75, 3.05) is 0 Å². The Balaban J connectivity index is 3.61. The zero-order valence-electron chi connectivity index (χ0n) is 8.13. The number of rotatable bonds is 4. The smallest absolute Gasteiger partial charge is 0.332 e. The van der Waals surface area contributed by atoms with Crippen LogP contribution in [0.5, 0.6) is 0 Å². The van der Waals surface area contributed by atoms with Crippen LogP contribution in [0.1, 0.15) is 27.7 Å². The molecule has 70 valence electrons. The van der Waals surface area contributed by atoms with Gasteiger partial charge in [-0.2, -0.15) is 0 Å². The van der Waals surface area contributed by atoms with Gasteiger partial charge < -0.3 is 10.1 Å². The molecule has 0 aromatic heterocycles. The summed E-state index contributed by atoms with van der Waals surface area (Å²) in [5.74, 6) is -0.307. The molecule has 0 spiro atoms. The van der Waals surface area contributed by atoms with Gasteiger partial charge in [0.05, 0.1) is 6.10 Å². The van der Waals surface area contributed by atoms with Gasteiger partial charge in [0.25, 0.3) is 0 Å². The normalized spacial score (nSPS) is 11.2. The molecule has 0 heterocycles. The van der Waals surface area contributed by atoms with Gasteiger partial charge in [-0.05, 0) is 27.7 Å². The SMILES string of the molecule is CC(C)N/C=C/C(=O)OC(C)C. The lowest BCUT2D eigenvalue weighted by Gasteiger charge is -2.05. The van der Waals surface area contributed by atoms with Crippen molar-refractivity contribution in [3.63, 3.8) is 0 Å². The second kappa shape index (κ2) is 5.63. The lowest BCUT2D eigenvalue weighted by molar-refractivity contribution is -0.141. The fraction of sp³-hybridized carbons (Fsp3) is 0.667. The fourth-order valence-electron chi connectivity index (χ4n) is 0.580. The Bertz CT molecular complexity index is 162. The zero-order valence-corrected chi connectivity index (χ0v) is 8.13. The Morgan fingerprint density at radius 2 is 1.92 bits per heavy atom. The van der Waals surface area contributed by atoms with Gasteiger partial charge in [0.2, 0.25) is 0 Å². The maximum absolute atomic E-state index is 10.9. The predicted molar refractivity (Wildman–Crippen MR) is 48.6 cm³/mol. The van der Waals surface area contributed by atoms with Crippen LogP contribution in [0.4, 0.5) is 0 Å². The molecule has 0 saturated heterocycles. The molecule has 0 saturated carbocycles. The van der Waals surface area contributed by atoms with E-state index >= 15 is 0 Å². The second-order valence-electron chi connectivity index (χ2n) is 3.14. The third kappa shape index (κ3) is 7.12. The minimum Gasteiger partial charge on any atom is -0.460 e. The van der Waals surface area contributed by atoms with Crippen LogP contribution in [0.15, 0.2) is 12.3 Å². The molecule has 3 nitrogen and oxygen atoms in total. The maximum Gasteiger partial charge on any atom is 0.332 e. The van der Waals surface area contributed by atoms with E-state index in [1.807, 2.05) is 27.7 Å². The Morgan fingerprint density at radius 3 is 2.33 bits per heavy atom. The standard InChI is InChI=1S/C9H17NO2/c1-7(2)10-6-5-9(11)12-8(3)4/h5-8,10H,1-4H3/b6-5+. The molecule has 0 fully saturated rings. The van der Waals surface area contributed by atoms with Crippen LogP contribution in [0.3, 0.4) is 0 Å². The summed E-state index contributed by atoms with van der Waals surface area (Å²) in [5.41, 5.74) is 0. The summed E-state index contributed by atoms with van der Waals surface area (Å²) in [6.07, 6.45) is 2.94. The molecule has 0 atom stereocenters. The summed E-state index contributed by atoms with van der Waals surface area (Å²) in [6, 6.07) is 0.341. The van der Waals surface area contributed by atoms with E-state index in [9.17, 15) is 4.79 Å². The molecule has 1 N–H and O–H groups in total. The number of carbonyl (C=O) groups is 1. The van der Waals surface area contributed by atoms with E-state index in [0.717, 1.165) is 0 Å². The van der Waals surface area contributed by atoms with E-state index in [-0.39, 0.29) is 12.1 Å². The molecule has 12 heavy (non-hydrogen) atoms. The van der Waals surface area contributed by atoms with Crippen LogP contribution in [0.2, 0.25) is 0 Å². The maximum atomic E-state index is 10.9. The molecular formula is C9H17NO2. The van der Waals surface area contributed by atoms with Crippen molar-refractivity contribution in [3.8, 4) is 0 Å². The number of nitrogens with one attached hydrogen (secondary N) is 1. The summed E-state index contributed by atoms with van der Waals surface area (Å²) >= 11 is 0. The van der Waals surface area contributed by atoms with Crippen molar-refractivity contribution in [2.24, 2.45) is 0 Å². The van der Waals surface area contributed by atoms with Gasteiger partial charge in [-0.3, -0.25) is 0 Å². The Kier molecular flexibility index (Phi) is 5.17. The summed E-state index contributed by atoms with van der Waals surface area (Å²) in [5, 5.41) is 2.97. The van der Waals surface area contributed by atoms with E-state index in [1.54, 1.807) is 6.20 Å². The number of ether oxygens (including phenoxy) is 1. The van der Waals surface area contributed by atoms with E-state index in [1.165, 1.54) is 6.08 Å². The third-order valence-electron chi connectivity index (χ3n) is 1.00. The molecule has 0 amide bonds. The molecule has 0 aromatic rings. The quantitative estimate of drug-likeness (QED) is 0.514.